The third kappa shape index (κ3) is 3.75. The fourth-order valence-electron chi connectivity index (χ4n) is 3.02. The molecule has 2 N–H and O–H groups in total. The van der Waals surface area contributed by atoms with E-state index in [4.69, 9.17) is 4.74 Å². The molecule has 20 heavy (non-hydrogen) atoms. The highest BCUT2D eigenvalue weighted by Crippen LogP contribution is 2.25. The van der Waals surface area contributed by atoms with Crippen LogP contribution in [0.4, 0.5) is 0 Å². The lowest BCUT2D eigenvalue weighted by Crippen LogP contribution is -2.31. The number of nitrogens with zero attached hydrogens (tertiary/aromatic N) is 1. The summed E-state index contributed by atoms with van der Waals surface area (Å²) < 4.78 is 5.37. The summed E-state index contributed by atoms with van der Waals surface area (Å²) in [5.41, 5.74) is 1.54. The molecule has 0 aromatic heterocycles. The topological polar surface area (TPSA) is 52.9 Å². The fourth-order valence-corrected chi connectivity index (χ4v) is 3.02. The molecule has 1 aromatic rings. The second-order valence-corrected chi connectivity index (χ2v) is 5.62. The maximum atomic E-state index is 9.29. The Labute approximate surface area is 121 Å². The lowest BCUT2D eigenvalue weighted by atomic mass is 9.79. The molecule has 1 aliphatic rings. The van der Waals surface area contributed by atoms with Crippen molar-refractivity contribution in [3.63, 3.8) is 0 Å². The molecule has 1 aromatic carbocycles. The Morgan fingerprint density at radius 2 is 2.20 bits per heavy atom. The van der Waals surface area contributed by atoms with E-state index in [1.54, 1.807) is 13.2 Å². The van der Waals surface area contributed by atoms with Crippen LogP contribution in [0.3, 0.4) is 0 Å². The van der Waals surface area contributed by atoms with Gasteiger partial charge in [0.15, 0.2) is 0 Å². The van der Waals surface area contributed by atoms with Gasteiger partial charge in [0.05, 0.1) is 7.11 Å². The van der Waals surface area contributed by atoms with E-state index in [-0.39, 0.29) is 0 Å². The van der Waals surface area contributed by atoms with Crippen molar-refractivity contribution in [1.29, 1.82) is 0 Å². The smallest absolute Gasteiger partial charge is 0.488 e. The maximum Gasteiger partial charge on any atom is 0.488 e. The van der Waals surface area contributed by atoms with Gasteiger partial charge in [-0.3, -0.25) is 4.90 Å². The summed E-state index contributed by atoms with van der Waals surface area (Å²) in [6.45, 7) is 5.28. The molecule has 0 spiro atoms. The van der Waals surface area contributed by atoms with Crippen LogP contribution in [0.1, 0.15) is 31.7 Å². The molecule has 0 radical (unpaired) electrons. The minimum Gasteiger partial charge on any atom is -0.496 e. The normalized spacial score (nSPS) is 19.3. The van der Waals surface area contributed by atoms with Gasteiger partial charge in [-0.15, -0.1) is 0 Å². The molecular weight excluding hydrogens is 253 g/mol. The lowest BCUT2D eigenvalue weighted by molar-refractivity contribution is 0.305. The largest absolute Gasteiger partial charge is 0.496 e. The first-order chi connectivity index (χ1) is 9.63. The van der Waals surface area contributed by atoms with E-state index < -0.39 is 7.12 Å². The standard InChI is InChI=1S/C15H24BNO3/c1-3-4-12-7-8-17(10-12)11-13-9-14(16(18)19)5-6-15(13)20-2/h5-6,9,12,18-19H,3-4,7-8,10-11H2,1-2H3. The van der Waals surface area contributed by atoms with Crippen molar-refractivity contribution in [1.82, 2.24) is 4.90 Å². The molecule has 1 unspecified atom stereocenters. The zero-order valence-corrected chi connectivity index (χ0v) is 12.4. The maximum absolute atomic E-state index is 9.29. The number of hydrogen-bond acceptors (Lipinski definition) is 4. The van der Waals surface area contributed by atoms with Crippen molar-refractivity contribution in [3.8, 4) is 5.75 Å². The molecule has 2 rings (SSSR count). The van der Waals surface area contributed by atoms with Gasteiger partial charge in [0.25, 0.3) is 0 Å². The van der Waals surface area contributed by atoms with Crippen LogP contribution in [0.25, 0.3) is 0 Å². The van der Waals surface area contributed by atoms with E-state index in [0.717, 1.165) is 36.9 Å². The minimum absolute atomic E-state index is 0.519. The van der Waals surface area contributed by atoms with Gasteiger partial charge in [-0.25, -0.2) is 0 Å². The summed E-state index contributed by atoms with van der Waals surface area (Å²) >= 11 is 0. The Kier molecular flexibility index (Phi) is 5.46. The number of methoxy groups -OCH3 is 1. The number of hydrogen-bond donors (Lipinski definition) is 2. The molecule has 0 amide bonds. The summed E-state index contributed by atoms with van der Waals surface area (Å²) in [5, 5.41) is 18.6. The van der Waals surface area contributed by atoms with Gasteiger partial charge in [-0.1, -0.05) is 25.5 Å². The predicted octanol–water partition coefficient (Wildman–Crippen LogP) is 0.997. The van der Waals surface area contributed by atoms with Crippen LogP contribution in [0.5, 0.6) is 5.75 Å². The fraction of sp³-hybridized carbons (Fsp3) is 0.600. The molecule has 1 atom stereocenters. The quantitative estimate of drug-likeness (QED) is 0.762. The van der Waals surface area contributed by atoms with Gasteiger partial charge in [0, 0.05) is 18.7 Å². The van der Waals surface area contributed by atoms with Crippen LogP contribution in [0.2, 0.25) is 0 Å². The molecule has 0 saturated carbocycles. The van der Waals surface area contributed by atoms with Gasteiger partial charge >= 0.3 is 7.12 Å². The summed E-state index contributed by atoms with van der Waals surface area (Å²) in [6.07, 6.45) is 3.80. The van der Waals surface area contributed by atoms with Gasteiger partial charge in [0.2, 0.25) is 0 Å². The van der Waals surface area contributed by atoms with Crippen molar-refractivity contribution in [2.45, 2.75) is 32.7 Å². The zero-order valence-electron chi connectivity index (χ0n) is 12.4. The second kappa shape index (κ2) is 7.11. The third-order valence-electron chi connectivity index (χ3n) is 4.06. The van der Waals surface area contributed by atoms with Crippen LogP contribution in [-0.4, -0.2) is 42.3 Å². The highest BCUT2D eigenvalue weighted by Gasteiger charge is 2.23. The second-order valence-electron chi connectivity index (χ2n) is 5.62. The van der Waals surface area contributed by atoms with Crippen LogP contribution < -0.4 is 10.2 Å². The highest BCUT2D eigenvalue weighted by molar-refractivity contribution is 6.58. The van der Waals surface area contributed by atoms with Crippen LogP contribution in [0.15, 0.2) is 18.2 Å². The summed E-state index contributed by atoms with van der Waals surface area (Å²) in [5.74, 6) is 1.62. The van der Waals surface area contributed by atoms with Crippen LogP contribution >= 0.6 is 0 Å². The van der Waals surface area contributed by atoms with Crippen molar-refractivity contribution in [2.24, 2.45) is 5.92 Å². The van der Waals surface area contributed by atoms with Gasteiger partial charge < -0.3 is 14.8 Å². The van der Waals surface area contributed by atoms with Gasteiger partial charge in [0.1, 0.15) is 5.75 Å². The zero-order chi connectivity index (χ0) is 14.5. The van der Waals surface area contributed by atoms with Crippen molar-refractivity contribution in [3.05, 3.63) is 23.8 Å². The Balaban J connectivity index is 2.06. The van der Waals surface area contributed by atoms with Crippen LogP contribution in [-0.2, 0) is 6.54 Å². The Bertz CT molecular complexity index is 439. The molecule has 1 heterocycles. The molecule has 0 bridgehead atoms. The van der Waals surface area contributed by atoms with Crippen molar-refractivity contribution >= 4 is 12.6 Å². The SMILES string of the molecule is CCCC1CCN(Cc2cc(B(O)O)ccc2OC)C1. The summed E-state index contributed by atoms with van der Waals surface area (Å²) in [6, 6.07) is 5.33. The molecular formula is C15H24BNO3. The first-order valence-electron chi connectivity index (χ1n) is 7.39. The first kappa shape index (κ1) is 15.4. The minimum atomic E-state index is -1.42. The molecule has 110 valence electrons. The van der Waals surface area contributed by atoms with Gasteiger partial charge in [-0.05, 0) is 36.8 Å². The summed E-state index contributed by atoms with van der Waals surface area (Å²) in [7, 11) is 0.226. The Hall–Kier alpha value is -1.04. The van der Waals surface area contributed by atoms with E-state index in [0.29, 0.717) is 5.46 Å². The number of benzene rings is 1. The molecule has 1 aliphatic heterocycles. The van der Waals surface area contributed by atoms with E-state index in [2.05, 4.69) is 11.8 Å². The summed E-state index contributed by atoms with van der Waals surface area (Å²) in [4.78, 5) is 2.42. The van der Waals surface area contributed by atoms with Gasteiger partial charge in [-0.2, -0.15) is 0 Å². The van der Waals surface area contributed by atoms with Crippen LogP contribution in [0, 0.1) is 5.92 Å². The molecule has 0 aliphatic carbocycles. The Morgan fingerprint density at radius 3 is 2.85 bits per heavy atom. The monoisotopic (exact) mass is 277 g/mol. The number of ether oxygens (including phenoxy) is 1. The third-order valence-corrected chi connectivity index (χ3v) is 4.06. The molecule has 5 heteroatoms. The molecule has 1 saturated heterocycles. The number of rotatable bonds is 6. The Morgan fingerprint density at radius 1 is 1.40 bits per heavy atom. The van der Waals surface area contributed by atoms with E-state index in [1.165, 1.54) is 19.3 Å². The van der Waals surface area contributed by atoms with E-state index >= 15 is 0 Å². The highest BCUT2D eigenvalue weighted by atomic mass is 16.5. The molecule has 4 nitrogen and oxygen atoms in total. The van der Waals surface area contributed by atoms with Crippen molar-refractivity contribution in [2.75, 3.05) is 20.2 Å². The average Bonchev–Trinajstić information content (AvgIpc) is 2.86. The predicted molar refractivity (Wildman–Crippen MR) is 81.1 cm³/mol. The number of likely N-dealkylation sites (tertiary alicyclic amines) is 1. The average molecular weight is 277 g/mol. The van der Waals surface area contributed by atoms with Crippen molar-refractivity contribution < 1.29 is 14.8 Å². The van der Waals surface area contributed by atoms with E-state index in [1.807, 2.05) is 12.1 Å². The first-order valence-corrected chi connectivity index (χ1v) is 7.39. The lowest BCUT2D eigenvalue weighted by Gasteiger charge is -2.18. The van der Waals surface area contributed by atoms with E-state index in [9.17, 15) is 10.0 Å². The molecule has 1 fully saturated rings.